The maximum absolute atomic E-state index is 12.2. The molecule has 0 bridgehead atoms. The quantitative estimate of drug-likeness (QED) is 0.397. The molecule has 7 nitrogen and oxygen atoms in total. The molecule has 1 fully saturated rings. The van der Waals surface area contributed by atoms with E-state index in [1.165, 1.54) is 12.1 Å². The zero-order valence-corrected chi connectivity index (χ0v) is 12.2. The van der Waals surface area contributed by atoms with E-state index < -0.39 is 4.92 Å². The van der Waals surface area contributed by atoms with Gasteiger partial charge in [0.1, 0.15) is 17.3 Å². The first kappa shape index (κ1) is 15.5. The third-order valence-corrected chi connectivity index (χ3v) is 3.54. The highest BCUT2D eigenvalue weighted by Crippen LogP contribution is 2.26. The van der Waals surface area contributed by atoms with E-state index in [1.807, 2.05) is 6.07 Å². The molecule has 1 N–H and O–H groups in total. The number of hydrogen-bond acceptors (Lipinski definition) is 5. The average Bonchev–Trinajstić information content (AvgIpc) is 3.06. The number of carbonyl (C=O) groups excluding carboxylic acids is 1. The number of nitro groups is 1. The molecule has 0 saturated carbocycles. The van der Waals surface area contributed by atoms with E-state index in [4.69, 9.17) is 0 Å². The molecule has 2 rings (SSSR count). The molecule has 0 radical (unpaired) electrons. The second-order valence-electron chi connectivity index (χ2n) is 4.95. The van der Waals surface area contributed by atoms with Gasteiger partial charge in [-0.05, 0) is 30.5 Å². The molecule has 22 heavy (non-hydrogen) atoms. The molecule has 1 saturated heterocycles. The molecule has 1 aromatic rings. The summed E-state index contributed by atoms with van der Waals surface area (Å²) >= 11 is 0. The second-order valence-corrected chi connectivity index (χ2v) is 4.95. The smallest absolute Gasteiger partial charge is 0.292 e. The minimum absolute atomic E-state index is 0.00611. The summed E-state index contributed by atoms with van der Waals surface area (Å²) in [7, 11) is 1.59. The average molecular weight is 300 g/mol. The van der Waals surface area contributed by atoms with Crippen LogP contribution in [0.15, 0.2) is 23.8 Å². The normalized spacial score (nSPS) is 14.5. The molecule has 114 valence electrons. The number of nitrogens with zero attached hydrogens (tertiary/aromatic N) is 3. The van der Waals surface area contributed by atoms with Crippen LogP contribution < -0.4 is 5.32 Å². The van der Waals surface area contributed by atoms with Crippen LogP contribution in [-0.2, 0) is 4.79 Å². The van der Waals surface area contributed by atoms with Crippen molar-refractivity contribution in [3.8, 4) is 6.07 Å². The summed E-state index contributed by atoms with van der Waals surface area (Å²) in [5.41, 5.74) is 0.733. The number of anilines is 1. The van der Waals surface area contributed by atoms with Crippen molar-refractivity contribution >= 4 is 23.4 Å². The number of likely N-dealkylation sites (tertiary alicyclic amines) is 1. The molecule has 0 spiro atoms. The van der Waals surface area contributed by atoms with Crippen LogP contribution in [0.25, 0.3) is 6.08 Å². The van der Waals surface area contributed by atoms with Crippen LogP contribution in [0.2, 0.25) is 0 Å². The Balaban J connectivity index is 2.33. The first-order chi connectivity index (χ1) is 10.6. The van der Waals surface area contributed by atoms with E-state index in [0.29, 0.717) is 24.3 Å². The highest BCUT2D eigenvalue weighted by Gasteiger charge is 2.22. The number of hydrogen-bond donors (Lipinski definition) is 1. The Labute approximate surface area is 128 Å². The number of carbonyl (C=O) groups is 1. The van der Waals surface area contributed by atoms with E-state index >= 15 is 0 Å². The van der Waals surface area contributed by atoms with Gasteiger partial charge in [-0.15, -0.1) is 0 Å². The minimum atomic E-state index is -0.502. The zero-order chi connectivity index (χ0) is 16.1. The fourth-order valence-corrected chi connectivity index (χ4v) is 2.40. The molecular weight excluding hydrogens is 284 g/mol. The Morgan fingerprint density at radius 1 is 1.45 bits per heavy atom. The van der Waals surface area contributed by atoms with Crippen molar-refractivity contribution < 1.29 is 9.72 Å². The largest absolute Gasteiger partial charge is 0.383 e. The van der Waals surface area contributed by atoms with Crippen molar-refractivity contribution in [1.82, 2.24) is 4.90 Å². The topological polar surface area (TPSA) is 99.3 Å². The highest BCUT2D eigenvalue weighted by molar-refractivity contribution is 6.01. The van der Waals surface area contributed by atoms with Gasteiger partial charge in [0.25, 0.3) is 11.6 Å². The van der Waals surface area contributed by atoms with Crippen LogP contribution >= 0.6 is 0 Å². The van der Waals surface area contributed by atoms with Crippen molar-refractivity contribution in [3.63, 3.8) is 0 Å². The molecule has 7 heteroatoms. The molecule has 0 aromatic heterocycles. The lowest BCUT2D eigenvalue weighted by Gasteiger charge is -2.14. The molecular formula is C15H16N4O3. The van der Waals surface area contributed by atoms with E-state index in [9.17, 15) is 20.2 Å². The molecule has 0 atom stereocenters. The fraction of sp³-hybridized carbons (Fsp3) is 0.333. The van der Waals surface area contributed by atoms with Crippen molar-refractivity contribution in [1.29, 1.82) is 5.26 Å². The third kappa shape index (κ3) is 3.23. The molecule has 1 amide bonds. The van der Waals surface area contributed by atoms with Gasteiger partial charge in [-0.3, -0.25) is 14.9 Å². The van der Waals surface area contributed by atoms with Crippen LogP contribution in [0, 0.1) is 21.4 Å². The first-order valence-electron chi connectivity index (χ1n) is 6.94. The number of benzene rings is 1. The Hall–Kier alpha value is -2.88. The Bertz CT molecular complexity index is 670. The van der Waals surface area contributed by atoms with Gasteiger partial charge in [0.15, 0.2) is 0 Å². The van der Waals surface area contributed by atoms with Crippen LogP contribution in [0.3, 0.4) is 0 Å². The highest BCUT2D eigenvalue weighted by atomic mass is 16.6. The van der Waals surface area contributed by atoms with Gasteiger partial charge in [0, 0.05) is 26.2 Å². The molecule has 0 aliphatic carbocycles. The van der Waals surface area contributed by atoms with Crippen molar-refractivity contribution in [2.24, 2.45) is 0 Å². The molecule has 1 aliphatic heterocycles. The zero-order valence-electron chi connectivity index (χ0n) is 12.2. The SMILES string of the molecule is CNc1ccc(/C=C(\C#N)C(=O)N2CCCC2)cc1[N+](=O)[O-]. The summed E-state index contributed by atoms with van der Waals surface area (Å²) in [4.78, 5) is 24.4. The van der Waals surface area contributed by atoms with Gasteiger partial charge in [-0.25, -0.2) is 0 Å². The number of rotatable bonds is 4. The lowest BCUT2D eigenvalue weighted by Crippen LogP contribution is -2.28. The lowest BCUT2D eigenvalue weighted by atomic mass is 10.1. The monoisotopic (exact) mass is 300 g/mol. The Morgan fingerprint density at radius 3 is 2.68 bits per heavy atom. The number of amides is 1. The molecule has 1 aliphatic rings. The maximum Gasteiger partial charge on any atom is 0.292 e. The number of nitro benzene ring substituents is 1. The lowest BCUT2D eigenvalue weighted by molar-refractivity contribution is -0.384. The summed E-state index contributed by atoms with van der Waals surface area (Å²) in [6.45, 7) is 1.30. The predicted molar refractivity (Wildman–Crippen MR) is 82.0 cm³/mol. The maximum atomic E-state index is 12.2. The summed E-state index contributed by atoms with van der Waals surface area (Å²) in [5.74, 6) is -0.319. The van der Waals surface area contributed by atoms with Gasteiger partial charge < -0.3 is 10.2 Å². The summed E-state index contributed by atoms with van der Waals surface area (Å²) in [6, 6.07) is 6.42. The van der Waals surface area contributed by atoms with E-state index in [1.54, 1.807) is 24.1 Å². The van der Waals surface area contributed by atoms with Crippen molar-refractivity contribution in [2.75, 3.05) is 25.5 Å². The van der Waals surface area contributed by atoms with E-state index in [0.717, 1.165) is 12.8 Å². The predicted octanol–water partition coefficient (Wildman–Crippen LogP) is 2.17. The van der Waals surface area contributed by atoms with Gasteiger partial charge in [0.2, 0.25) is 0 Å². The van der Waals surface area contributed by atoms with Gasteiger partial charge in [0.05, 0.1) is 4.92 Å². The van der Waals surface area contributed by atoms with E-state index in [-0.39, 0.29) is 17.2 Å². The number of nitriles is 1. The Kier molecular flexibility index (Phi) is 4.73. The molecule has 0 unspecified atom stereocenters. The van der Waals surface area contributed by atoms with Crippen LogP contribution in [-0.4, -0.2) is 35.9 Å². The third-order valence-electron chi connectivity index (χ3n) is 3.54. The van der Waals surface area contributed by atoms with Crippen LogP contribution in [0.4, 0.5) is 11.4 Å². The van der Waals surface area contributed by atoms with Gasteiger partial charge in [-0.2, -0.15) is 5.26 Å². The summed E-state index contributed by atoms with van der Waals surface area (Å²) in [6.07, 6.45) is 3.27. The van der Waals surface area contributed by atoms with Gasteiger partial charge in [-0.1, -0.05) is 6.07 Å². The molecule has 1 aromatic carbocycles. The Morgan fingerprint density at radius 2 is 2.14 bits per heavy atom. The summed E-state index contributed by atoms with van der Waals surface area (Å²) < 4.78 is 0. The fourth-order valence-electron chi connectivity index (χ4n) is 2.40. The van der Waals surface area contributed by atoms with E-state index in [2.05, 4.69) is 5.32 Å². The standard InChI is InChI=1S/C15H16N4O3/c1-17-13-5-4-11(9-14(13)19(21)22)8-12(10-16)15(20)18-6-2-3-7-18/h4-5,8-9,17H,2-3,6-7H2,1H3/b12-8+. The summed E-state index contributed by atoms with van der Waals surface area (Å²) in [5, 5.41) is 23.0. The minimum Gasteiger partial charge on any atom is -0.383 e. The van der Waals surface area contributed by atoms with Crippen molar-refractivity contribution in [2.45, 2.75) is 12.8 Å². The second kappa shape index (κ2) is 6.72. The number of nitrogens with one attached hydrogen (secondary N) is 1. The van der Waals surface area contributed by atoms with Gasteiger partial charge >= 0.3 is 0 Å². The van der Waals surface area contributed by atoms with Crippen molar-refractivity contribution in [3.05, 3.63) is 39.4 Å². The first-order valence-corrected chi connectivity index (χ1v) is 6.94. The molecule has 1 heterocycles. The van der Waals surface area contributed by atoms with Crippen LogP contribution in [0.5, 0.6) is 0 Å². The van der Waals surface area contributed by atoms with Crippen LogP contribution in [0.1, 0.15) is 18.4 Å².